The van der Waals surface area contributed by atoms with Crippen LogP contribution in [0.5, 0.6) is 0 Å². The maximum Gasteiger partial charge on any atom is 0.410 e. The molecule has 226 valence electrons. The number of carbonyl (C=O) groups is 4. The lowest BCUT2D eigenvalue weighted by molar-refractivity contribution is -0.134. The van der Waals surface area contributed by atoms with Gasteiger partial charge in [-0.3, -0.25) is 14.5 Å². The number of nitrogens with one attached hydrogen (secondary N) is 2. The second-order valence-corrected chi connectivity index (χ2v) is 12.4. The SMILES string of the molecule is CC(C)(C)OC(=O)NC(C(=O)N1CCCC1)[C@H]1CC[C@H](NC(=O)C2C[C@@H](O)CN2C(=O)OCc2ccccc2)CC1. The van der Waals surface area contributed by atoms with Gasteiger partial charge in [-0.2, -0.15) is 0 Å². The van der Waals surface area contributed by atoms with Crippen LogP contribution in [0.4, 0.5) is 9.59 Å². The first-order chi connectivity index (χ1) is 19.5. The van der Waals surface area contributed by atoms with E-state index in [1.807, 2.05) is 35.2 Å². The van der Waals surface area contributed by atoms with Gasteiger partial charge < -0.3 is 30.1 Å². The molecule has 2 aliphatic heterocycles. The van der Waals surface area contributed by atoms with Gasteiger partial charge >= 0.3 is 12.2 Å². The molecule has 2 heterocycles. The molecule has 4 rings (SSSR count). The highest BCUT2D eigenvalue weighted by atomic mass is 16.6. The molecule has 0 spiro atoms. The monoisotopic (exact) mass is 572 g/mol. The molecule has 11 nitrogen and oxygen atoms in total. The standard InChI is InChI=1S/C30H44N4O7/c1-30(2,3)41-28(38)32-25(27(37)33-15-7-8-16-33)21-11-13-22(14-12-21)31-26(36)24-17-23(35)18-34(24)29(39)40-19-20-9-5-4-6-10-20/h4-6,9-10,21-25,35H,7-8,11-19H2,1-3H3,(H,31,36)(H,32,38)/t21-,22-,23-,24?,25?/m1/s1. The summed E-state index contributed by atoms with van der Waals surface area (Å²) in [5.41, 5.74) is 0.157. The van der Waals surface area contributed by atoms with Gasteiger partial charge in [0.2, 0.25) is 11.8 Å². The van der Waals surface area contributed by atoms with Gasteiger partial charge in [0.1, 0.15) is 24.3 Å². The van der Waals surface area contributed by atoms with E-state index >= 15 is 0 Å². The van der Waals surface area contributed by atoms with E-state index < -0.39 is 36.0 Å². The first kappa shape index (κ1) is 30.6. The highest BCUT2D eigenvalue weighted by Gasteiger charge is 2.42. The van der Waals surface area contributed by atoms with Gasteiger partial charge in [-0.1, -0.05) is 30.3 Å². The van der Waals surface area contributed by atoms with Gasteiger partial charge in [0.05, 0.1) is 12.6 Å². The summed E-state index contributed by atoms with van der Waals surface area (Å²) in [6, 6.07) is 7.64. The molecule has 1 aromatic carbocycles. The number of aliphatic hydroxyl groups excluding tert-OH is 1. The van der Waals surface area contributed by atoms with Crippen LogP contribution < -0.4 is 10.6 Å². The molecule has 41 heavy (non-hydrogen) atoms. The van der Waals surface area contributed by atoms with Gasteiger partial charge in [-0.15, -0.1) is 0 Å². The van der Waals surface area contributed by atoms with Gasteiger partial charge in [-0.25, -0.2) is 9.59 Å². The van der Waals surface area contributed by atoms with Crippen molar-refractivity contribution < 1.29 is 33.8 Å². The average Bonchev–Trinajstić information content (AvgIpc) is 3.60. The van der Waals surface area contributed by atoms with Crippen molar-refractivity contribution in [2.45, 2.75) is 102 Å². The van der Waals surface area contributed by atoms with Crippen molar-refractivity contribution in [3.05, 3.63) is 35.9 Å². The van der Waals surface area contributed by atoms with Crippen molar-refractivity contribution in [2.75, 3.05) is 19.6 Å². The van der Waals surface area contributed by atoms with Crippen molar-refractivity contribution in [3.63, 3.8) is 0 Å². The zero-order chi connectivity index (χ0) is 29.6. The van der Waals surface area contributed by atoms with Crippen molar-refractivity contribution in [2.24, 2.45) is 5.92 Å². The van der Waals surface area contributed by atoms with Crippen LogP contribution in [0.15, 0.2) is 30.3 Å². The lowest BCUT2D eigenvalue weighted by Gasteiger charge is -2.36. The third-order valence-corrected chi connectivity index (χ3v) is 7.97. The Morgan fingerprint density at radius 3 is 2.32 bits per heavy atom. The Hall–Kier alpha value is -3.34. The molecule has 0 radical (unpaired) electrons. The number of benzene rings is 1. The molecule has 2 saturated heterocycles. The van der Waals surface area contributed by atoms with Crippen molar-refractivity contribution >= 4 is 24.0 Å². The maximum atomic E-state index is 13.4. The molecule has 0 bridgehead atoms. The summed E-state index contributed by atoms with van der Waals surface area (Å²) >= 11 is 0. The predicted molar refractivity (Wildman–Crippen MR) is 151 cm³/mol. The second-order valence-electron chi connectivity index (χ2n) is 12.4. The lowest BCUT2D eigenvalue weighted by atomic mass is 9.81. The first-order valence-corrected chi connectivity index (χ1v) is 14.7. The molecule has 1 aromatic rings. The smallest absolute Gasteiger partial charge is 0.410 e. The van der Waals surface area contributed by atoms with E-state index in [-0.39, 0.29) is 43.3 Å². The fourth-order valence-electron chi connectivity index (χ4n) is 5.91. The normalized spacial score (nSPS) is 25.4. The Bertz CT molecular complexity index is 1060. The summed E-state index contributed by atoms with van der Waals surface area (Å²) < 4.78 is 10.9. The third-order valence-electron chi connectivity index (χ3n) is 7.97. The summed E-state index contributed by atoms with van der Waals surface area (Å²) in [7, 11) is 0. The van der Waals surface area contributed by atoms with Gasteiger partial charge in [0.25, 0.3) is 0 Å². The number of likely N-dealkylation sites (tertiary alicyclic amines) is 2. The number of nitrogens with zero attached hydrogens (tertiary/aromatic N) is 2. The van der Waals surface area contributed by atoms with E-state index in [0.717, 1.165) is 18.4 Å². The summed E-state index contributed by atoms with van der Waals surface area (Å²) in [5, 5.41) is 16.1. The van der Waals surface area contributed by atoms with E-state index in [9.17, 15) is 24.3 Å². The second kappa shape index (κ2) is 13.5. The first-order valence-electron chi connectivity index (χ1n) is 14.7. The van der Waals surface area contributed by atoms with E-state index in [4.69, 9.17) is 9.47 Å². The van der Waals surface area contributed by atoms with Crippen LogP contribution >= 0.6 is 0 Å². The number of ether oxygens (including phenoxy) is 2. The van der Waals surface area contributed by atoms with Gasteiger partial charge in [0.15, 0.2) is 0 Å². The zero-order valence-electron chi connectivity index (χ0n) is 24.3. The Balaban J connectivity index is 1.31. The Kier molecular flexibility index (Phi) is 10.1. The van der Waals surface area contributed by atoms with E-state index in [2.05, 4.69) is 10.6 Å². The molecular formula is C30H44N4O7. The van der Waals surface area contributed by atoms with Crippen LogP contribution in [0.2, 0.25) is 0 Å². The molecule has 3 fully saturated rings. The molecule has 3 N–H and O–H groups in total. The minimum atomic E-state index is -0.815. The zero-order valence-corrected chi connectivity index (χ0v) is 24.3. The Morgan fingerprint density at radius 1 is 1.02 bits per heavy atom. The largest absolute Gasteiger partial charge is 0.445 e. The number of β-amino-alcohol motifs (C(OH)–C–C–N with tert-alkyl or cyclic N) is 1. The number of hydrogen-bond acceptors (Lipinski definition) is 7. The van der Waals surface area contributed by atoms with Gasteiger partial charge in [-0.05, 0) is 70.8 Å². The number of rotatable bonds is 7. The molecule has 2 unspecified atom stereocenters. The van der Waals surface area contributed by atoms with E-state index in [1.165, 1.54) is 4.90 Å². The third kappa shape index (κ3) is 8.58. The van der Waals surface area contributed by atoms with E-state index in [0.29, 0.717) is 38.8 Å². The molecule has 1 aliphatic carbocycles. The summed E-state index contributed by atoms with van der Waals surface area (Å²) in [4.78, 5) is 55.1. The number of hydrogen-bond donors (Lipinski definition) is 3. The quantitative estimate of drug-likeness (QED) is 0.457. The highest BCUT2D eigenvalue weighted by Crippen LogP contribution is 2.30. The molecule has 3 aliphatic rings. The molecule has 1 saturated carbocycles. The van der Waals surface area contributed by atoms with Crippen LogP contribution in [0.3, 0.4) is 0 Å². The Morgan fingerprint density at radius 2 is 1.68 bits per heavy atom. The molecule has 0 aromatic heterocycles. The molecule has 3 atom stereocenters. The maximum absolute atomic E-state index is 13.4. The fraction of sp³-hybridized carbons (Fsp3) is 0.667. The van der Waals surface area contributed by atoms with Crippen molar-refractivity contribution in [3.8, 4) is 0 Å². The Labute approximate surface area is 241 Å². The summed E-state index contributed by atoms with van der Waals surface area (Å²) in [5.74, 6) is -0.481. The minimum absolute atomic E-state index is 0.0368. The minimum Gasteiger partial charge on any atom is -0.445 e. The van der Waals surface area contributed by atoms with Gasteiger partial charge in [0, 0.05) is 25.6 Å². The number of alkyl carbamates (subject to hydrolysis) is 1. The average molecular weight is 573 g/mol. The molecule has 11 heteroatoms. The van der Waals surface area contributed by atoms with Crippen molar-refractivity contribution in [1.82, 2.24) is 20.4 Å². The molecular weight excluding hydrogens is 528 g/mol. The fourth-order valence-corrected chi connectivity index (χ4v) is 5.91. The summed E-state index contributed by atoms with van der Waals surface area (Å²) in [6.07, 6.45) is 2.55. The van der Waals surface area contributed by atoms with Crippen LogP contribution in [0, 0.1) is 5.92 Å². The van der Waals surface area contributed by atoms with Crippen LogP contribution in [0.1, 0.15) is 71.3 Å². The topological polar surface area (TPSA) is 138 Å². The van der Waals surface area contributed by atoms with Crippen LogP contribution in [-0.2, 0) is 25.7 Å². The lowest BCUT2D eigenvalue weighted by Crippen LogP contribution is -2.54. The van der Waals surface area contributed by atoms with E-state index in [1.54, 1.807) is 20.8 Å². The molecule has 4 amide bonds. The summed E-state index contributed by atoms with van der Waals surface area (Å²) in [6.45, 7) is 6.85. The highest BCUT2D eigenvalue weighted by molar-refractivity contribution is 5.87. The number of carbonyl (C=O) groups excluding carboxylic acids is 4. The van der Waals surface area contributed by atoms with Crippen LogP contribution in [-0.4, -0.2) is 88.4 Å². The number of aliphatic hydroxyl groups is 1. The number of amides is 4. The van der Waals surface area contributed by atoms with Crippen LogP contribution in [0.25, 0.3) is 0 Å². The van der Waals surface area contributed by atoms with Crippen molar-refractivity contribution in [1.29, 1.82) is 0 Å². The predicted octanol–water partition coefficient (Wildman–Crippen LogP) is 2.95.